The maximum Gasteiger partial charge on any atom is 0.344 e. The maximum absolute atomic E-state index is 12.5. The number of esters is 1. The summed E-state index contributed by atoms with van der Waals surface area (Å²) < 4.78 is 12.2. The molecule has 6 nitrogen and oxygen atoms in total. The summed E-state index contributed by atoms with van der Waals surface area (Å²) in [4.78, 5) is 30.7. The van der Waals surface area contributed by atoms with Gasteiger partial charge in [-0.2, -0.15) is 0 Å². The second-order valence-corrected chi connectivity index (χ2v) is 7.79. The number of hydrogen-bond donors (Lipinski definition) is 0. The summed E-state index contributed by atoms with van der Waals surface area (Å²) in [6.07, 6.45) is 4.14. The highest BCUT2D eigenvalue weighted by Gasteiger charge is 2.18. The summed E-state index contributed by atoms with van der Waals surface area (Å²) in [7, 11) is 0. The number of hydrogen-bond acceptors (Lipinski definition) is 6. The van der Waals surface area contributed by atoms with E-state index in [1.807, 2.05) is 0 Å². The molecule has 1 aliphatic rings. The summed E-state index contributed by atoms with van der Waals surface area (Å²) in [5.74, 6) is -0.0520. The summed E-state index contributed by atoms with van der Waals surface area (Å²) in [6.45, 7) is -0.305. The van der Waals surface area contributed by atoms with Gasteiger partial charge in [-0.15, -0.1) is 11.3 Å². The molecule has 2 aromatic heterocycles. The molecule has 0 radical (unpaired) electrons. The highest BCUT2D eigenvalue weighted by molar-refractivity contribution is 7.17. The van der Waals surface area contributed by atoms with Gasteiger partial charge in [-0.3, -0.25) is 9.20 Å². The van der Waals surface area contributed by atoms with Gasteiger partial charge in [0.15, 0.2) is 11.6 Å². The second kappa shape index (κ2) is 7.70. The number of benzene rings is 1. The number of carbonyl (C=O) groups is 1. The molecule has 0 spiro atoms. The lowest BCUT2D eigenvalue weighted by atomic mass is 10.0. The van der Waals surface area contributed by atoms with Gasteiger partial charge in [-0.25, -0.2) is 9.78 Å². The van der Waals surface area contributed by atoms with Gasteiger partial charge in [0, 0.05) is 21.7 Å². The Morgan fingerprint density at radius 3 is 2.96 bits per heavy atom. The molecule has 0 atom stereocenters. The molecule has 140 valence electrons. The van der Waals surface area contributed by atoms with E-state index in [9.17, 15) is 9.59 Å². The Kier molecular flexibility index (Phi) is 5.13. The van der Waals surface area contributed by atoms with E-state index in [4.69, 9.17) is 21.1 Å². The van der Waals surface area contributed by atoms with E-state index >= 15 is 0 Å². The number of aromatic nitrogens is 2. The molecular formula is C19H17ClN2O4S. The van der Waals surface area contributed by atoms with E-state index in [0.717, 1.165) is 31.4 Å². The van der Waals surface area contributed by atoms with E-state index in [-0.39, 0.29) is 18.8 Å². The second-order valence-electron chi connectivity index (χ2n) is 6.29. The first-order valence-electron chi connectivity index (χ1n) is 8.67. The van der Waals surface area contributed by atoms with Crippen LogP contribution in [0.2, 0.25) is 5.02 Å². The molecule has 2 heterocycles. The molecule has 0 bridgehead atoms. The van der Waals surface area contributed by atoms with Gasteiger partial charge in [0.2, 0.25) is 0 Å². The zero-order valence-corrected chi connectivity index (χ0v) is 16.0. The van der Waals surface area contributed by atoms with Crippen LogP contribution in [0.15, 0.2) is 35.1 Å². The third kappa shape index (κ3) is 3.99. The van der Waals surface area contributed by atoms with Crippen LogP contribution in [0.3, 0.4) is 0 Å². The quantitative estimate of drug-likeness (QED) is 0.609. The number of nitrogens with zero attached hydrogens (tertiary/aromatic N) is 2. The summed E-state index contributed by atoms with van der Waals surface area (Å²) in [5.41, 5.74) is 1.40. The molecular weight excluding hydrogens is 388 g/mol. The predicted octanol–water partition coefficient (Wildman–Crippen LogP) is 3.41. The van der Waals surface area contributed by atoms with Crippen molar-refractivity contribution in [2.24, 2.45) is 0 Å². The minimum atomic E-state index is -0.539. The monoisotopic (exact) mass is 404 g/mol. The number of rotatable bonds is 5. The Labute approximate surface area is 164 Å². The first-order chi connectivity index (χ1) is 13.1. The van der Waals surface area contributed by atoms with Crippen LogP contribution in [0, 0.1) is 0 Å². The maximum atomic E-state index is 12.5. The largest absolute Gasteiger partial charge is 0.482 e. The van der Waals surface area contributed by atoms with E-state index in [2.05, 4.69) is 4.98 Å². The van der Waals surface area contributed by atoms with Crippen LogP contribution in [0.5, 0.6) is 5.75 Å². The fourth-order valence-corrected chi connectivity index (χ4v) is 4.52. The average Bonchev–Trinajstić information content (AvgIpc) is 3.03. The molecule has 0 saturated carbocycles. The van der Waals surface area contributed by atoms with Gasteiger partial charge < -0.3 is 9.47 Å². The van der Waals surface area contributed by atoms with Crippen molar-refractivity contribution in [1.82, 2.24) is 9.38 Å². The van der Waals surface area contributed by atoms with Crippen molar-refractivity contribution in [2.45, 2.75) is 32.3 Å². The fourth-order valence-electron chi connectivity index (χ4n) is 3.11. The van der Waals surface area contributed by atoms with E-state index in [0.29, 0.717) is 21.4 Å². The van der Waals surface area contributed by atoms with Crippen LogP contribution in [-0.4, -0.2) is 22.0 Å². The summed E-state index contributed by atoms with van der Waals surface area (Å²) in [5, 5.41) is 0.525. The Balaban J connectivity index is 1.41. The Hall–Kier alpha value is -2.38. The van der Waals surface area contributed by atoms with Crippen LogP contribution in [0.25, 0.3) is 4.96 Å². The normalized spacial score (nSPS) is 13.4. The fraction of sp³-hybridized carbons (Fsp3) is 0.316. The zero-order chi connectivity index (χ0) is 18.8. The first kappa shape index (κ1) is 18.0. The highest BCUT2D eigenvalue weighted by atomic mass is 35.5. The minimum Gasteiger partial charge on any atom is -0.482 e. The summed E-state index contributed by atoms with van der Waals surface area (Å²) >= 11 is 7.41. The lowest BCUT2D eigenvalue weighted by molar-refractivity contribution is -0.147. The zero-order valence-electron chi connectivity index (χ0n) is 14.4. The standard InChI is InChI=1S/C19H17ClN2O4S/c20-12-4-3-5-14(8-12)25-11-18(24)26-10-13-9-17(23)22-15-6-1-2-7-16(15)27-19(22)21-13/h3-5,8-9H,1-2,6-7,10-11H2. The van der Waals surface area contributed by atoms with Gasteiger partial charge in [0.25, 0.3) is 5.56 Å². The number of halogens is 1. The Morgan fingerprint density at radius 2 is 2.11 bits per heavy atom. The molecule has 0 unspecified atom stereocenters. The number of fused-ring (bicyclic) bond motifs is 3. The predicted molar refractivity (Wildman–Crippen MR) is 103 cm³/mol. The van der Waals surface area contributed by atoms with Crippen molar-refractivity contribution >= 4 is 33.9 Å². The minimum absolute atomic E-state index is 0.0634. The molecule has 0 amide bonds. The molecule has 27 heavy (non-hydrogen) atoms. The average molecular weight is 405 g/mol. The highest BCUT2D eigenvalue weighted by Crippen LogP contribution is 2.28. The molecule has 3 aromatic rings. The van der Waals surface area contributed by atoms with E-state index in [1.165, 1.54) is 10.9 Å². The number of ether oxygens (including phenoxy) is 2. The van der Waals surface area contributed by atoms with Crippen LogP contribution in [0.4, 0.5) is 0 Å². The van der Waals surface area contributed by atoms with Gasteiger partial charge in [-0.1, -0.05) is 17.7 Å². The Bertz CT molecular complexity index is 1060. The lowest BCUT2D eigenvalue weighted by Crippen LogP contribution is -2.19. The van der Waals surface area contributed by atoms with E-state index < -0.39 is 5.97 Å². The smallest absolute Gasteiger partial charge is 0.344 e. The third-order valence-corrected chi connectivity index (χ3v) is 5.73. The van der Waals surface area contributed by atoms with Crippen LogP contribution in [-0.2, 0) is 29.0 Å². The van der Waals surface area contributed by atoms with Crippen molar-refractivity contribution in [3.63, 3.8) is 0 Å². The molecule has 1 aromatic carbocycles. The lowest BCUT2D eigenvalue weighted by Gasteiger charge is -2.10. The van der Waals surface area contributed by atoms with Crippen molar-refractivity contribution in [3.05, 3.63) is 62.0 Å². The molecule has 1 aliphatic carbocycles. The van der Waals surface area contributed by atoms with Gasteiger partial charge in [-0.05, 0) is 43.9 Å². The van der Waals surface area contributed by atoms with Crippen LogP contribution < -0.4 is 10.3 Å². The van der Waals surface area contributed by atoms with Crippen LogP contribution in [0.1, 0.15) is 29.1 Å². The molecule has 0 N–H and O–H groups in total. The first-order valence-corrected chi connectivity index (χ1v) is 9.87. The van der Waals surface area contributed by atoms with Gasteiger partial charge >= 0.3 is 5.97 Å². The van der Waals surface area contributed by atoms with Crippen LogP contribution >= 0.6 is 22.9 Å². The number of thiazole rings is 1. The molecule has 8 heteroatoms. The van der Waals surface area contributed by atoms with E-state index in [1.54, 1.807) is 40.0 Å². The third-order valence-electron chi connectivity index (χ3n) is 4.35. The molecule has 0 fully saturated rings. The van der Waals surface area contributed by atoms with Crippen molar-refractivity contribution in [3.8, 4) is 5.75 Å². The molecule has 0 saturated heterocycles. The topological polar surface area (TPSA) is 69.9 Å². The van der Waals surface area contributed by atoms with Crippen molar-refractivity contribution in [1.29, 1.82) is 0 Å². The number of aryl methyl sites for hydroxylation is 2. The summed E-state index contributed by atoms with van der Waals surface area (Å²) in [6, 6.07) is 8.20. The van der Waals surface area contributed by atoms with Gasteiger partial charge in [0.1, 0.15) is 12.4 Å². The number of carbonyl (C=O) groups excluding carboxylic acids is 1. The van der Waals surface area contributed by atoms with Crippen molar-refractivity contribution in [2.75, 3.05) is 6.61 Å². The SMILES string of the molecule is O=C(COc1cccc(Cl)c1)OCc1cc(=O)n2c3c(sc2n1)CCCC3. The molecule has 4 rings (SSSR count). The molecule has 0 aliphatic heterocycles. The van der Waals surface area contributed by atoms with Crippen molar-refractivity contribution < 1.29 is 14.3 Å². The van der Waals surface area contributed by atoms with Gasteiger partial charge in [0.05, 0.1) is 5.69 Å². The Morgan fingerprint density at radius 1 is 1.26 bits per heavy atom.